The van der Waals surface area contributed by atoms with Gasteiger partial charge in [0.25, 0.3) is 0 Å². The Morgan fingerprint density at radius 3 is 2.64 bits per heavy atom. The van der Waals surface area contributed by atoms with Crippen LogP contribution in [0.15, 0.2) is 42.5 Å². The van der Waals surface area contributed by atoms with E-state index in [1.807, 2.05) is 6.07 Å². The average molecular weight is 189 g/mol. The Labute approximate surface area is 86.8 Å². The Morgan fingerprint density at radius 1 is 1.29 bits per heavy atom. The Kier molecular flexibility index (Phi) is 5.02. The van der Waals surface area contributed by atoms with Crippen LogP contribution in [0.25, 0.3) is 0 Å². The molecule has 0 amide bonds. The summed E-state index contributed by atoms with van der Waals surface area (Å²) >= 11 is 0. The zero-order chi connectivity index (χ0) is 10.2. The lowest BCUT2D eigenvalue weighted by Gasteiger charge is -2.11. The fourth-order valence-electron chi connectivity index (χ4n) is 1.31. The van der Waals surface area contributed by atoms with Gasteiger partial charge in [0.1, 0.15) is 0 Å². The van der Waals surface area contributed by atoms with Gasteiger partial charge in [0.05, 0.1) is 0 Å². The second-order valence-electron chi connectivity index (χ2n) is 3.57. The van der Waals surface area contributed by atoms with Gasteiger partial charge < -0.3 is 5.32 Å². The maximum atomic E-state index is 3.48. The van der Waals surface area contributed by atoms with Gasteiger partial charge in [-0.05, 0) is 25.8 Å². The Balaban J connectivity index is 2.27. The van der Waals surface area contributed by atoms with E-state index in [-0.39, 0.29) is 0 Å². The van der Waals surface area contributed by atoms with Crippen LogP contribution in [-0.2, 0) is 6.54 Å². The van der Waals surface area contributed by atoms with Crippen LogP contribution >= 0.6 is 0 Å². The minimum absolute atomic E-state index is 0.548. The van der Waals surface area contributed by atoms with Gasteiger partial charge in [-0.3, -0.25) is 0 Å². The molecule has 1 aromatic rings. The SMILES string of the molecule is C/C=C/CC(C)NCc1ccccc1. The average Bonchev–Trinajstić information content (AvgIpc) is 2.25. The summed E-state index contributed by atoms with van der Waals surface area (Å²) in [6.07, 6.45) is 5.40. The quantitative estimate of drug-likeness (QED) is 0.702. The number of hydrogen-bond donors (Lipinski definition) is 1. The largest absolute Gasteiger partial charge is 0.310 e. The van der Waals surface area contributed by atoms with Crippen molar-refractivity contribution in [3.8, 4) is 0 Å². The fourth-order valence-corrected chi connectivity index (χ4v) is 1.31. The van der Waals surface area contributed by atoms with E-state index in [1.165, 1.54) is 5.56 Å². The lowest BCUT2D eigenvalue weighted by Crippen LogP contribution is -2.24. The van der Waals surface area contributed by atoms with Crippen molar-refractivity contribution in [1.29, 1.82) is 0 Å². The first kappa shape index (κ1) is 11.0. The predicted molar refractivity (Wildman–Crippen MR) is 62.2 cm³/mol. The van der Waals surface area contributed by atoms with Gasteiger partial charge >= 0.3 is 0 Å². The summed E-state index contributed by atoms with van der Waals surface area (Å²) in [4.78, 5) is 0. The van der Waals surface area contributed by atoms with Crippen molar-refractivity contribution in [3.05, 3.63) is 48.0 Å². The van der Waals surface area contributed by atoms with E-state index >= 15 is 0 Å². The maximum absolute atomic E-state index is 3.48. The molecule has 0 saturated heterocycles. The monoisotopic (exact) mass is 189 g/mol. The second-order valence-corrected chi connectivity index (χ2v) is 3.57. The van der Waals surface area contributed by atoms with E-state index in [1.54, 1.807) is 0 Å². The number of benzene rings is 1. The molecule has 1 atom stereocenters. The molecule has 1 N–H and O–H groups in total. The van der Waals surface area contributed by atoms with E-state index in [9.17, 15) is 0 Å². The van der Waals surface area contributed by atoms with E-state index in [0.29, 0.717) is 6.04 Å². The van der Waals surface area contributed by atoms with Crippen molar-refractivity contribution in [2.75, 3.05) is 0 Å². The zero-order valence-corrected chi connectivity index (χ0v) is 9.03. The molecule has 0 aliphatic carbocycles. The van der Waals surface area contributed by atoms with Gasteiger partial charge in [0, 0.05) is 12.6 Å². The van der Waals surface area contributed by atoms with Gasteiger partial charge in [-0.2, -0.15) is 0 Å². The smallest absolute Gasteiger partial charge is 0.0208 e. The molecule has 0 spiro atoms. The van der Waals surface area contributed by atoms with Crippen LogP contribution in [0.1, 0.15) is 25.8 Å². The first-order valence-corrected chi connectivity index (χ1v) is 5.21. The highest BCUT2D eigenvalue weighted by molar-refractivity contribution is 5.14. The Bertz CT molecular complexity index is 264. The van der Waals surface area contributed by atoms with Crippen molar-refractivity contribution in [2.45, 2.75) is 32.9 Å². The molecule has 0 radical (unpaired) electrons. The summed E-state index contributed by atoms with van der Waals surface area (Å²) < 4.78 is 0. The van der Waals surface area contributed by atoms with Crippen LogP contribution < -0.4 is 5.32 Å². The summed E-state index contributed by atoms with van der Waals surface area (Å²) in [7, 11) is 0. The lowest BCUT2D eigenvalue weighted by molar-refractivity contribution is 0.553. The molecular weight excluding hydrogens is 170 g/mol. The van der Waals surface area contributed by atoms with Crippen LogP contribution in [-0.4, -0.2) is 6.04 Å². The molecule has 1 nitrogen and oxygen atoms in total. The molecule has 0 bridgehead atoms. The molecule has 14 heavy (non-hydrogen) atoms. The minimum Gasteiger partial charge on any atom is -0.310 e. The van der Waals surface area contributed by atoms with Crippen LogP contribution in [0.5, 0.6) is 0 Å². The van der Waals surface area contributed by atoms with Gasteiger partial charge in [0.15, 0.2) is 0 Å². The van der Waals surface area contributed by atoms with E-state index < -0.39 is 0 Å². The molecule has 0 fully saturated rings. The molecule has 1 unspecified atom stereocenters. The normalized spacial score (nSPS) is 13.3. The molecule has 1 aromatic carbocycles. The molecule has 76 valence electrons. The van der Waals surface area contributed by atoms with Crippen molar-refractivity contribution in [2.24, 2.45) is 0 Å². The molecule has 0 heterocycles. The maximum Gasteiger partial charge on any atom is 0.0208 e. The molecular formula is C13H19N. The third kappa shape index (κ3) is 4.24. The summed E-state index contributed by atoms with van der Waals surface area (Å²) in [6.45, 7) is 5.23. The Hall–Kier alpha value is -1.08. The van der Waals surface area contributed by atoms with Gasteiger partial charge in [-0.15, -0.1) is 0 Å². The summed E-state index contributed by atoms with van der Waals surface area (Å²) in [5.74, 6) is 0. The Morgan fingerprint density at radius 2 is 2.00 bits per heavy atom. The molecule has 1 heteroatoms. The van der Waals surface area contributed by atoms with Crippen molar-refractivity contribution in [1.82, 2.24) is 5.32 Å². The number of rotatable bonds is 5. The van der Waals surface area contributed by atoms with Crippen molar-refractivity contribution >= 4 is 0 Å². The highest BCUT2D eigenvalue weighted by atomic mass is 14.9. The second kappa shape index (κ2) is 6.39. The first-order valence-electron chi connectivity index (χ1n) is 5.21. The van der Waals surface area contributed by atoms with Crippen LogP contribution in [0.4, 0.5) is 0 Å². The topological polar surface area (TPSA) is 12.0 Å². The summed E-state index contributed by atoms with van der Waals surface area (Å²) in [5.41, 5.74) is 1.35. The third-order valence-corrected chi connectivity index (χ3v) is 2.22. The highest BCUT2D eigenvalue weighted by Crippen LogP contribution is 1.99. The molecule has 0 aliphatic heterocycles. The summed E-state index contributed by atoms with van der Waals surface area (Å²) in [6, 6.07) is 11.0. The van der Waals surface area contributed by atoms with E-state index in [0.717, 1.165) is 13.0 Å². The van der Waals surface area contributed by atoms with Crippen molar-refractivity contribution in [3.63, 3.8) is 0 Å². The molecule has 1 rings (SSSR count). The zero-order valence-electron chi connectivity index (χ0n) is 9.03. The van der Waals surface area contributed by atoms with E-state index in [2.05, 4.69) is 55.6 Å². The first-order chi connectivity index (χ1) is 6.83. The van der Waals surface area contributed by atoms with Gasteiger partial charge in [0.2, 0.25) is 0 Å². The molecule has 0 aliphatic rings. The predicted octanol–water partition coefficient (Wildman–Crippen LogP) is 3.13. The van der Waals surface area contributed by atoms with Crippen LogP contribution in [0.2, 0.25) is 0 Å². The number of hydrogen-bond acceptors (Lipinski definition) is 1. The van der Waals surface area contributed by atoms with Crippen LogP contribution in [0.3, 0.4) is 0 Å². The lowest BCUT2D eigenvalue weighted by atomic mass is 10.2. The number of nitrogens with one attached hydrogen (secondary N) is 1. The minimum atomic E-state index is 0.548. The van der Waals surface area contributed by atoms with Gasteiger partial charge in [-0.1, -0.05) is 42.5 Å². The van der Waals surface area contributed by atoms with Gasteiger partial charge in [-0.25, -0.2) is 0 Å². The molecule has 0 aromatic heterocycles. The standard InChI is InChI=1S/C13H19N/c1-3-4-8-12(2)14-11-13-9-6-5-7-10-13/h3-7,9-10,12,14H,8,11H2,1-2H3/b4-3+. The highest BCUT2D eigenvalue weighted by Gasteiger charge is 1.97. The number of allylic oxidation sites excluding steroid dienone is 1. The van der Waals surface area contributed by atoms with Crippen molar-refractivity contribution < 1.29 is 0 Å². The molecule has 0 saturated carbocycles. The summed E-state index contributed by atoms with van der Waals surface area (Å²) in [5, 5.41) is 3.48. The van der Waals surface area contributed by atoms with Crippen LogP contribution in [0, 0.1) is 0 Å². The third-order valence-electron chi connectivity index (χ3n) is 2.22. The van der Waals surface area contributed by atoms with E-state index in [4.69, 9.17) is 0 Å². The fraction of sp³-hybridized carbons (Fsp3) is 0.385.